The van der Waals surface area contributed by atoms with Gasteiger partial charge in [0.1, 0.15) is 5.60 Å². The van der Waals surface area contributed by atoms with Gasteiger partial charge < -0.3 is 15.0 Å². The molecule has 0 atom stereocenters. The van der Waals surface area contributed by atoms with Gasteiger partial charge in [-0.15, -0.1) is 0 Å². The molecule has 1 fully saturated rings. The molecule has 1 saturated heterocycles. The molecule has 140 valence electrons. The number of carbonyl (C=O) groups excluding carboxylic acids is 2. The maximum atomic E-state index is 12.1. The lowest BCUT2D eigenvalue weighted by molar-refractivity contribution is 0.0521. The average Bonchev–Trinajstić information content (AvgIpc) is 2.83. The summed E-state index contributed by atoms with van der Waals surface area (Å²) >= 11 is 0. The normalized spacial score (nSPS) is 16.8. The Morgan fingerprint density at radius 3 is 2.44 bits per heavy atom. The summed E-state index contributed by atoms with van der Waals surface area (Å²) in [5.74, 6) is -0.340. The zero-order valence-corrected chi connectivity index (χ0v) is 15.9. The monoisotopic (exact) mass is 372 g/mol. The molecule has 2 amide bonds. The van der Waals surface area contributed by atoms with Gasteiger partial charge in [0.2, 0.25) is 0 Å². The molecule has 9 nitrogen and oxygen atoms in total. The first-order valence-electron chi connectivity index (χ1n) is 7.85. The topological polar surface area (TPSA) is 111 Å². The van der Waals surface area contributed by atoms with E-state index in [1.807, 2.05) is 0 Å². The second-order valence-electron chi connectivity index (χ2n) is 7.25. The molecule has 0 bridgehead atoms. The second-order valence-corrected chi connectivity index (χ2v) is 9.41. The molecule has 0 aliphatic carbocycles. The van der Waals surface area contributed by atoms with Crippen LogP contribution in [-0.4, -0.2) is 66.3 Å². The minimum absolute atomic E-state index is 0.0241. The summed E-state index contributed by atoms with van der Waals surface area (Å²) in [6.07, 6.45) is -0.595. The van der Waals surface area contributed by atoms with Crippen LogP contribution in [-0.2, 0) is 21.1 Å². The van der Waals surface area contributed by atoms with Gasteiger partial charge >= 0.3 is 6.09 Å². The predicted molar refractivity (Wildman–Crippen MR) is 91.0 cm³/mol. The maximum absolute atomic E-state index is 12.1. The molecule has 1 aliphatic heterocycles. The summed E-state index contributed by atoms with van der Waals surface area (Å²) in [4.78, 5) is 25.3. The van der Waals surface area contributed by atoms with Crippen LogP contribution in [0.3, 0.4) is 0 Å². The van der Waals surface area contributed by atoms with E-state index >= 15 is 0 Å². The van der Waals surface area contributed by atoms with Crippen LogP contribution >= 0.6 is 0 Å². The van der Waals surface area contributed by atoms with E-state index in [1.54, 1.807) is 40.9 Å². The molecule has 0 radical (unpaired) electrons. The highest BCUT2D eigenvalue weighted by molar-refractivity contribution is 7.92. The first-order valence-corrected chi connectivity index (χ1v) is 9.67. The highest BCUT2D eigenvalue weighted by atomic mass is 32.2. The summed E-state index contributed by atoms with van der Waals surface area (Å²) in [7, 11) is 0.163. The molecular formula is C15H24N4O5S. The van der Waals surface area contributed by atoms with E-state index in [4.69, 9.17) is 4.74 Å². The lowest BCUT2D eigenvalue weighted by Gasteiger charge is -2.27. The van der Waals surface area contributed by atoms with E-state index in [9.17, 15) is 18.0 Å². The number of rotatable bonds is 4. The Morgan fingerprint density at radius 2 is 1.96 bits per heavy atom. The van der Waals surface area contributed by atoms with Crippen molar-refractivity contribution in [3.05, 3.63) is 17.5 Å². The highest BCUT2D eigenvalue weighted by Gasteiger charge is 2.37. The Kier molecular flexibility index (Phi) is 5.12. The largest absolute Gasteiger partial charge is 0.444 e. The zero-order chi connectivity index (χ0) is 19.0. The van der Waals surface area contributed by atoms with E-state index in [0.717, 1.165) is 0 Å². The SMILES string of the molecule is CN(C)C(=O)c1cc(CNC(=O)OC(C)(C)C)n(C2CS(=O)(=O)C2)n1. The fraction of sp³-hybridized carbons (Fsp3) is 0.667. The third kappa shape index (κ3) is 4.94. The fourth-order valence-corrected chi connectivity index (χ4v) is 3.73. The number of ether oxygens (including phenoxy) is 1. The van der Waals surface area contributed by atoms with Gasteiger partial charge in [-0.1, -0.05) is 0 Å². The smallest absolute Gasteiger partial charge is 0.407 e. The molecule has 2 heterocycles. The number of nitrogens with zero attached hydrogens (tertiary/aromatic N) is 3. The molecule has 1 N–H and O–H groups in total. The summed E-state index contributed by atoms with van der Waals surface area (Å²) in [5.41, 5.74) is 0.129. The third-order valence-corrected chi connectivity index (χ3v) is 5.27. The molecule has 1 aromatic heterocycles. The summed E-state index contributed by atoms with van der Waals surface area (Å²) in [5, 5.41) is 6.85. The number of sulfone groups is 1. The van der Waals surface area contributed by atoms with Crippen LogP contribution in [0.4, 0.5) is 4.79 Å². The molecule has 0 aromatic carbocycles. The Hall–Kier alpha value is -2.10. The second kappa shape index (κ2) is 6.66. The van der Waals surface area contributed by atoms with Gasteiger partial charge in [0.05, 0.1) is 29.8 Å². The van der Waals surface area contributed by atoms with Crippen LogP contribution < -0.4 is 5.32 Å². The van der Waals surface area contributed by atoms with Crippen molar-refractivity contribution in [1.29, 1.82) is 0 Å². The Balaban J connectivity index is 2.17. The van der Waals surface area contributed by atoms with Crippen molar-refractivity contribution in [2.75, 3.05) is 25.6 Å². The van der Waals surface area contributed by atoms with Crippen LogP contribution in [0, 0.1) is 0 Å². The molecule has 0 unspecified atom stereocenters. The van der Waals surface area contributed by atoms with E-state index in [0.29, 0.717) is 5.69 Å². The lowest BCUT2D eigenvalue weighted by atomic mass is 10.2. The van der Waals surface area contributed by atoms with Gasteiger partial charge in [0, 0.05) is 14.1 Å². The number of hydrogen-bond acceptors (Lipinski definition) is 6. The van der Waals surface area contributed by atoms with Crippen molar-refractivity contribution in [2.45, 2.75) is 39.0 Å². The molecular weight excluding hydrogens is 348 g/mol. The van der Waals surface area contributed by atoms with Crippen LogP contribution in [0.25, 0.3) is 0 Å². The number of carbonyl (C=O) groups is 2. The predicted octanol–water partition coefficient (Wildman–Crippen LogP) is 0.579. The molecule has 2 rings (SSSR count). The standard InChI is InChI=1S/C15H24N4O5S/c1-15(2,3)24-14(21)16-7-10-6-12(13(20)18(4)5)17-19(10)11-8-25(22,23)9-11/h6,11H,7-9H2,1-5H3,(H,16,21). The average molecular weight is 372 g/mol. The van der Waals surface area contributed by atoms with Crippen molar-refractivity contribution in [3.8, 4) is 0 Å². The lowest BCUT2D eigenvalue weighted by Crippen LogP contribution is -2.40. The van der Waals surface area contributed by atoms with Gasteiger partial charge in [0.25, 0.3) is 5.91 Å². The van der Waals surface area contributed by atoms with Crippen molar-refractivity contribution < 1.29 is 22.7 Å². The first kappa shape index (κ1) is 19.2. The first-order chi connectivity index (χ1) is 11.4. The minimum Gasteiger partial charge on any atom is -0.444 e. The van der Waals surface area contributed by atoms with Crippen LogP contribution in [0.15, 0.2) is 6.07 Å². The number of nitrogens with one attached hydrogen (secondary N) is 1. The van der Waals surface area contributed by atoms with E-state index in [-0.39, 0.29) is 35.7 Å². The Bertz CT molecular complexity index is 764. The van der Waals surface area contributed by atoms with Crippen molar-refractivity contribution in [3.63, 3.8) is 0 Å². The molecule has 0 spiro atoms. The minimum atomic E-state index is -3.05. The van der Waals surface area contributed by atoms with Gasteiger partial charge in [-0.2, -0.15) is 5.10 Å². The van der Waals surface area contributed by atoms with Gasteiger partial charge in [-0.3, -0.25) is 9.48 Å². The number of hydrogen-bond donors (Lipinski definition) is 1. The van der Waals surface area contributed by atoms with Gasteiger partial charge in [-0.25, -0.2) is 13.2 Å². The maximum Gasteiger partial charge on any atom is 0.407 e. The van der Waals surface area contributed by atoms with Crippen molar-refractivity contribution >= 4 is 21.8 Å². The van der Waals surface area contributed by atoms with Gasteiger partial charge in [0.15, 0.2) is 15.5 Å². The molecule has 1 aromatic rings. The fourth-order valence-electron chi connectivity index (χ4n) is 2.37. The van der Waals surface area contributed by atoms with Crippen LogP contribution in [0.5, 0.6) is 0 Å². The summed E-state index contributed by atoms with van der Waals surface area (Å²) < 4.78 is 29.6. The van der Waals surface area contributed by atoms with Crippen LogP contribution in [0.1, 0.15) is 43.0 Å². The van der Waals surface area contributed by atoms with Gasteiger partial charge in [-0.05, 0) is 26.8 Å². The van der Waals surface area contributed by atoms with E-state index < -0.39 is 21.5 Å². The van der Waals surface area contributed by atoms with Crippen molar-refractivity contribution in [1.82, 2.24) is 20.0 Å². The molecule has 0 saturated carbocycles. The summed E-state index contributed by atoms with van der Waals surface area (Å²) in [6, 6.07) is 1.23. The number of amides is 2. The van der Waals surface area contributed by atoms with E-state index in [1.165, 1.54) is 9.58 Å². The third-order valence-electron chi connectivity index (χ3n) is 3.49. The number of aromatic nitrogens is 2. The summed E-state index contributed by atoms with van der Waals surface area (Å²) in [6.45, 7) is 5.34. The molecule has 25 heavy (non-hydrogen) atoms. The zero-order valence-electron chi connectivity index (χ0n) is 15.1. The van der Waals surface area contributed by atoms with Crippen molar-refractivity contribution in [2.24, 2.45) is 0 Å². The Labute approximate surface area is 147 Å². The Morgan fingerprint density at radius 1 is 1.36 bits per heavy atom. The number of alkyl carbamates (subject to hydrolysis) is 1. The molecule has 10 heteroatoms. The quantitative estimate of drug-likeness (QED) is 0.828. The van der Waals surface area contributed by atoms with Crippen LogP contribution in [0.2, 0.25) is 0 Å². The highest BCUT2D eigenvalue weighted by Crippen LogP contribution is 2.25. The molecule has 1 aliphatic rings. The van der Waals surface area contributed by atoms with E-state index in [2.05, 4.69) is 10.4 Å².